The molecule has 0 unspecified atom stereocenters. The minimum atomic E-state index is 0.105. The van der Waals surface area contributed by atoms with E-state index < -0.39 is 0 Å². The van der Waals surface area contributed by atoms with Crippen LogP contribution in [0.2, 0.25) is 0 Å². The first-order valence-corrected chi connectivity index (χ1v) is 13.6. The molecule has 0 N–H and O–H groups in total. The van der Waals surface area contributed by atoms with E-state index in [0.717, 1.165) is 47.7 Å². The molecule has 0 bridgehead atoms. The summed E-state index contributed by atoms with van der Waals surface area (Å²) in [7, 11) is 4.85. The van der Waals surface area contributed by atoms with E-state index in [0.29, 0.717) is 36.9 Å². The van der Waals surface area contributed by atoms with E-state index in [1.165, 1.54) is 5.56 Å². The maximum absolute atomic E-state index is 13.6. The Bertz CT molecular complexity index is 1440. The maximum Gasteiger partial charge on any atom is 0.255 e. The van der Waals surface area contributed by atoms with Crippen molar-refractivity contribution in [2.75, 3.05) is 34.4 Å². The summed E-state index contributed by atoms with van der Waals surface area (Å²) in [5.41, 5.74) is 5.07. The zero-order valence-electron chi connectivity index (χ0n) is 23.9. The average Bonchev–Trinajstić information content (AvgIpc) is 3.56. The van der Waals surface area contributed by atoms with Crippen LogP contribution in [0.25, 0.3) is 0 Å². The molecular weight excluding hydrogens is 506 g/mol. The number of hydrogen-bond acceptors (Lipinski definition) is 6. The van der Waals surface area contributed by atoms with Crippen molar-refractivity contribution in [1.29, 1.82) is 0 Å². The Balaban J connectivity index is 1.26. The van der Waals surface area contributed by atoms with Gasteiger partial charge in [-0.2, -0.15) is 0 Å². The number of methoxy groups -OCH3 is 3. The predicted octanol–water partition coefficient (Wildman–Crippen LogP) is 4.84. The van der Waals surface area contributed by atoms with E-state index in [2.05, 4.69) is 21.0 Å². The minimum Gasteiger partial charge on any atom is -0.493 e. The van der Waals surface area contributed by atoms with Gasteiger partial charge in [-0.3, -0.25) is 9.78 Å². The molecule has 1 amide bonds. The number of benzene rings is 1. The Morgan fingerprint density at radius 2 is 1.57 bits per heavy atom. The van der Waals surface area contributed by atoms with E-state index >= 15 is 0 Å². The van der Waals surface area contributed by atoms with Crippen LogP contribution in [0.15, 0.2) is 55.1 Å². The lowest BCUT2D eigenvalue weighted by Gasteiger charge is -2.32. The fraction of sp³-hybridized carbons (Fsp3) is 0.387. The molecule has 3 aromatic heterocycles. The molecule has 9 heteroatoms. The largest absolute Gasteiger partial charge is 0.493 e. The van der Waals surface area contributed by atoms with E-state index in [1.54, 1.807) is 33.7 Å². The van der Waals surface area contributed by atoms with Crippen LogP contribution < -0.4 is 14.2 Å². The zero-order valence-corrected chi connectivity index (χ0v) is 23.9. The van der Waals surface area contributed by atoms with Crippen molar-refractivity contribution >= 4 is 5.91 Å². The van der Waals surface area contributed by atoms with Crippen LogP contribution in [-0.2, 0) is 13.1 Å². The van der Waals surface area contributed by atoms with E-state index in [4.69, 9.17) is 19.2 Å². The third-order valence-electron chi connectivity index (χ3n) is 7.87. The second-order valence-electron chi connectivity index (χ2n) is 10.2. The molecule has 0 radical (unpaired) electrons. The molecule has 4 heterocycles. The molecular formula is C31H37N5O4. The number of pyridine rings is 1. The summed E-state index contributed by atoms with van der Waals surface area (Å²) < 4.78 is 20.9. The number of rotatable bonds is 9. The summed E-state index contributed by atoms with van der Waals surface area (Å²) in [6.45, 7) is 6.86. The van der Waals surface area contributed by atoms with Gasteiger partial charge in [0, 0.05) is 68.3 Å². The smallest absolute Gasteiger partial charge is 0.255 e. The lowest BCUT2D eigenvalue weighted by molar-refractivity contribution is 0.0709. The van der Waals surface area contributed by atoms with Gasteiger partial charge in [0.15, 0.2) is 11.5 Å². The molecule has 0 aliphatic carbocycles. The second-order valence-corrected chi connectivity index (χ2v) is 10.2. The third kappa shape index (κ3) is 5.41. The third-order valence-corrected chi connectivity index (χ3v) is 7.87. The molecule has 9 nitrogen and oxygen atoms in total. The standard InChI is InChI=1S/C31H37N5O4/c1-21-16-26(22(2)36(21)20-23-6-10-32-11-7-23)31(37)34-13-8-25(9-14-34)30-33-12-15-35(30)19-24-17-27(38-3)29(40-5)28(18-24)39-4/h6-7,10-12,15-18,25H,8-9,13-14,19-20H2,1-5H3. The van der Waals surface area contributed by atoms with Gasteiger partial charge in [0.25, 0.3) is 5.91 Å². The van der Waals surface area contributed by atoms with Gasteiger partial charge in [0.05, 0.1) is 26.9 Å². The Morgan fingerprint density at radius 3 is 2.20 bits per heavy atom. The van der Waals surface area contributed by atoms with Crippen LogP contribution in [0, 0.1) is 13.8 Å². The summed E-state index contributed by atoms with van der Waals surface area (Å²) in [5, 5.41) is 0. The molecule has 0 saturated carbocycles. The van der Waals surface area contributed by atoms with Crippen LogP contribution in [-0.4, -0.2) is 64.3 Å². The van der Waals surface area contributed by atoms with E-state index in [1.807, 2.05) is 54.5 Å². The molecule has 1 fully saturated rings. The summed E-state index contributed by atoms with van der Waals surface area (Å²) in [5.74, 6) is 3.26. The number of likely N-dealkylation sites (tertiary alicyclic amines) is 1. The number of piperidine rings is 1. The molecule has 40 heavy (non-hydrogen) atoms. The van der Waals surface area contributed by atoms with E-state index in [9.17, 15) is 4.79 Å². The van der Waals surface area contributed by atoms with Crippen LogP contribution in [0.4, 0.5) is 0 Å². The number of carbonyl (C=O) groups excluding carboxylic acids is 1. The molecule has 1 aliphatic heterocycles. The first-order chi connectivity index (χ1) is 19.4. The Hall–Kier alpha value is -4.27. The van der Waals surface area contributed by atoms with Crippen molar-refractivity contribution in [2.45, 2.75) is 45.7 Å². The Kier molecular flexibility index (Phi) is 8.09. The topological polar surface area (TPSA) is 83.6 Å². The lowest BCUT2D eigenvalue weighted by Crippen LogP contribution is -2.38. The van der Waals surface area contributed by atoms with Gasteiger partial charge in [-0.15, -0.1) is 0 Å². The minimum absolute atomic E-state index is 0.105. The maximum atomic E-state index is 13.6. The number of amides is 1. The van der Waals surface area contributed by atoms with Crippen molar-refractivity contribution in [3.63, 3.8) is 0 Å². The van der Waals surface area contributed by atoms with Crippen LogP contribution in [0.5, 0.6) is 17.2 Å². The second kappa shape index (κ2) is 11.9. The van der Waals surface area contributed by atoms with Crippen molar-refractivity contribution in [1.82, 2.24) is 24.0 Å². The van der Waals surface area contributed by atoms with Gasteiger partial charge in [-0.05, 0) is 68.1 Å². The van der Waals surface area contributed by atoms with Crippen molar-refractivity contribution < 1.29 is 19.0 Å². The monoisotopic (exact) mass is 543 g/mol. The van der Waals surface area contributed by atoms with Gasteiger partial charge in [-0.1, -0.05) is 0 Å². The van der Waals surface area contributed by atoms with Gasteiger partial charge >= 0.3 is 0 Å². The molecule has 210 valence electrons. The highest BCUT2D eigenvalue weighted by atomic mass is 16.5. The average molecular weight is 544 g/mol. The molecule has 0 atom stereocenters. The predicted molar refractivity (Wildman–Crippen MR) is 153 cm³/mol. The SMILES string of the molecule is COc1cc(Cn2ccnc2C2CCN(C(=O)c3cc(C)n(Cc4ccncc4)c3C)CC2)cc(OC)c1OC. The zero-order chi connectivity index (χ0) is 28.2. The van der Waals surface area contributed by atoms with Crippen LogP contribution >= 0.6 is 0 Å². The summed E-state index contributed by atoms with van der Waals surface area (Å²) in [4.78, 5) is 24.4. The highest BCUT2D eigenvalue weighted by molar-refractivity contribution is 5.95. The fourth-order valence-corrected chi connectivity index (χ4v) is 5.68. The molecule has 1 saturated heterocycles. The number of carbonyl (C=O) groups is 1. The molecule has 4 aromatic rings. The summed E-state index contributed by atoms with van der Waals surface area (Å²) in [6.07, 6.45) is 9.20. The first-order valence-electron chi connectivity index (χ1n) is 13.6. The molecule has 0 spiro atoms. The van der Waals surface area contributed by atoms with Crippen LogP contribution in [0.1, 0.15) is 57.5 Å². The summed E-state index contributed by atoms with van der Waals surface area (Å²) in [6, 6.07) is 9.98. The number of nitrogens with zero attached hydrogens (tertiary/aromatic N) is 5. The Labute approximate surface area is 235 Å². The highest BCUT2D eigenvalue weighted by Gasteiger charge is 2.29. The number of imidazole rings is 1. The van der Waals surface area contributed by atoms with Crippen molar-refractivity contribution in [3.05, 3.63) is 89.0 Å². The quantitative estimate of drug-likeness (QED) is 0.301. The normalized spacial score (nSPS) is 13.9. The lowest BCUT2D eigenvalue weighted by atomic mass is 9.95. The van der Waals surface area contributed by atoms with Crippen molar-refractivity contribution in [3.8, 4) is 17.2 Å². The molecule has 1 aliphatic rings. The highest BCUT2D eigenvalue weighted by Crippen LogP contribution is 2.38. The van der Waals surface area contributed by atoms with Crippen molar-refractivity contribution in [2.24, 2.45) is 0 Å². The Morgan fingerprint density at radius 1 is 0.900 bits per heavy atom. The van der Waals surface area contributed by atoms with Gasteiger partial charge < -0.3 is 28.2 Å². The number of aryl methyl sites for hydroxylation is 1. The first kappa shape index (κ1) is 27.3. The molecule has 5 rings (SSSR count). The van der Waals surface area contributed by atoms with Gasteiger partial charge in [0.1, 0.15) is 5.82 Å². The number of ether oxygens (including phenoxy) is 3. The van der Waals surface area contributed by atoms with Crippen LogP contribution in [0.3, 0.4) is 0 Å². The van der Waals surface area contributed by atoms with E-state index in [-0.39, 0.29) is 11.8 Å². The number of aromatic nitrogens is 4. The number of hydrogen-bond donors (Lipinski definition) is 0. The van der Waals surface area contributed by atoms with Gasteiger partial charge in [0.2, 0.25) is 5.75 Å². The van der Waals surface area contributed by atoms with Gasteiger partial charge in [-0.25, -0.2) is 4.98 Å². The molecule has 1 aromatic carbocycles. The fourth-order valence-electron chi connectivity index (χ4n) is 5.68. The summed E-state index contributed by atoms with van der Waals surface area (Å²) >= 11 is 0.